The second kappa shape index (κ2) is 8.57. The number of likely N-dealkylation sites (tertiary alicyclic amines) is 1. The summed E-state index contributed by atoms with van der Waals surface area (Å²) >= 11 is 1.38. The van der Waals surface area contributed by atoms with Crippen LogP contribution in [0.4, 0.5) is 5.13 Å². The number of aromatic nitrogens is 3. The molecular weight excluding hydrogens is 376 g/mol. The lowest BCUT2D eigenvalue weighted by Crippen LogP contribution is -2.40. The second-order valence-corrected chi connectivity index (χ2v) is 8.53. The van der Waals surface area contributed by atoms with Crippen LogP contribution in [0, 0.1) is 0 Å². The Balaban J connectivity index is 1.55. The number of carbonyl (C=O) groups excluding carboxylic acids is 1. The number of anilines is 1. The molecule has 0 bridgehead atoms. The van der Waals surface area contributed by atoms with Gasteiger partial charge < -0.3 is 10.2 Å². The number of hydrogen-bond donors (Lipinski definition) is 1. The van der Waals surface area contributed by atoms with Gasteiger partial charge in [0.1, 0.15) is 5.69 Å². The fraction of sp³-hybridized carbons (Fsp3) is 0.684. The van der Waals surface area contributed by atoms with E-state index in [4.69, 9.17) is 0 Å². The van der Waals surface area contributed by atoms with E-state index in [9.17, 15) is 9.59 Å². The van der Waals surface area contributed by atoms with Crippen LogP contribution in [0.5, 0.6) is 0 Å². The highest BCUT2D eigenvalue weighted by atomic mass is 32.1. The van der Waals surface area contributed by atoms with Gasteiger partial charge in [-0.05, 0) is 38.8 Å². The zero-order valence-corrected chi connectivity index (χ0v) is 17.2. The summed E-state index contributed by atoms with van der Waals surface area (Å²) in [6.07, 6.45) is 7.02. The average Bonchev–Trinajstić information content (AvgIpc) is 3.23. The molecule has 2 aromatic rings. The summed E-state index contributed by atoms with van der Waals surface area (Å²) in [5.74, 6) is -0.259. The summed E-state index contributed by atoms with van der Waals surface area (Å²) in [6.45, 7) is 6.73. The topological polar surface area (TPSA) is 82.8 Å². The van der Waals surface area contributed by atoms with Gasteiger partial charge in [-0.3, -0.25) is 14.5 Å². The van der Waals surface area contributed by atoms with Gasteiger partial charge >= 0.3 is 0 Å². The Morgan fingerprint density at radius 3 is 2.75 bits per heavy atom. The van der Waals surface area contributed by atoms with Gasteiger partial charge in [-0.2, -0.15) is 9.50 Å². The number of likely N-dealkylation sites (N-methyl/N-ethyl adjacent to an activating group) is 1. The summed E-state index contributed by atoms with van der Waals surface area (Å²) in [5.41, 5.74) is -0.124. The highest BCUT2D eigenvalue weighted by molar-refractivity contribution is 7.20. The predicted octanol–water partition coefficient (Wildman–Crippen LogP) is 1.75. The van der Waals surface area contributed by atoms with E-state index in [1.807, 2.05) is 0 Å². The summed E-state index contributed by atoms with van der Waals surface area (Å²) < 4.78 is 1.54. The molecule has 1 N–H and O–H groups in total. The van der Waals surface area contributed by atoms with E-state index in [-0.39, 0.29) is 11.6 Å². The minimum Gasteiger partial charge on any atom is -0.349 e. The van der Waals surface area contributed by atoms with Crippen molar-refractivity contribution in [1.29, 1.82) is 0 Å². The first-order valence-electron chi connectivity index (χ1n) is 10.3. The van der Waals surface area contributed by atoms with Crippen molar-refractivity contribution in [2.75, 3.05) is 37.6 Å². The first-order valence-corrected chi connectivity index (χ1v) is 11.2. The molecule has 0 spiro atoms. The number of nitrogens with one attached hydrogen (secondary N) is 1. The SMILES string of the molecule is CCN1CCC[C@H]1CNC(=O)c1cc(=O)nc2sc(N3CCCCCC3)nn12. The van der Waals surface area contributed by atoms with E-state index in [2.05, 4.69) is 32.1 Å². The number of amides is 1. The maximum absolute atomic E-state index is 12.8. The van der Waals surface area contributed by atoms with E-state index in [1.54, 1.807) is 0 Å². The summed E-state index contributed by atoms with van der Waals surface area (Å²) in [7, 11) is 0. The van der Waals surface area contributed by atoms with E-state index in [0.29, 0.717) is 17.5 Å². The van der Waals surface area contributed by atoms with Gasteiger partial charge in [0.15, 0.2) is 0 Å². The van der Waals surface area contributed by atoms with Crippen LogP contribution < -0.4 is 15.8 Å². The van der Waals surface area contributed by atoms with Gasteiger partial charge in [-0.1, -0.05) is 31.1 Å². The maximum atomic E-state index is 12.8. The second-order valence-electron chi connectivity index (χ2n) is 7.59. The molecule has 8 nitrogen and oxygen atoms in total. The molecule has 0 aromatic carbocycles. The Morgan fingerprint density at radius 2 is 2.00 bits per heavy atom. The molecular formula is C19H28N6O2S. The van der Waals surface area contributed by atoms with Crippen molar-refractivity contribution in [1.82, 2.24) is 24.8 Å². The maximum Gasteiger partial charge on any atom is 0.274 e. The van der Waals surface area contributed by atoms with Gasteiger partial charge in [-0.25, -0.2) is 0 Å². The summed E-state index contributed by atoms with van der Waals surface area (Å²) in [5, 5.41) is 8.48. The molecule has 0 radical (unpaired) electrons. The van der Waals surface area contributed by atoms with Gasteiger partial charge in [-0.15, -0.1) is 5.10 Å². The largest absolute Gasteiger partial charge is 0.349 e. The lowest BCUT2D eigenvalue weighted by atomic mass is 10.2. The molecule has 2 aliphatic heterocycles. The van der Waals surface area contributed by atoms with Gasteiger partial charge in [0, 0.05) is 31.7 Å². The Kier molecular flexibility index (Phi) is 5.91. The fourth-order valence-electron chi connectivity index (χ4n) is 4.20. The summed E-state index contributed by atoms with van der Waals surface area (Å²) in [6, 6.07) is 1.66. The van der Waals surface area contributed by atoms with Crippen molar-refractivity contribution < 1.29 is 4.79 Å². The molecule has 2 aromatic heterocycles. The van der Waals surface area contributed by atoms with Crippen molar-refractivity contribution >= 4 is 27.3 Å². The average molecular weight is 405 g/mol. The molecule has 2 aliphatic rings. The molecule has 152 valence electrons. The number of hydrogen-bond acceptors (Lipinski definition) is 7. The van der Waals surface area contributed by atoms with Crippen molar-refractivity contribution in [2.24, 2.45) is 0 Å². The van der Waals surface area contributed by atoms with Crippen LogP contribution in [-0.2, 0) is 0 Å². The number of fused-ring (bicyclic) bond motifs is 1. The highest BCUT2D eigenvalue weighted by Gasteiger charge is 2.24. The molecule has 0 saturated carbocycles. The first-order chi connectivity index (χ1) is 13.7. The van der Waals surface area contributed by atoms with E-state index < -0.39 is 5.56 Å². The van der Waals surface area contributed by atoms with Crippen LogP contribution in [0.25, 0.3) is 4.96 Å². The molecule has 2 saturated heterocycles. The molecule has 1 amide bonds. The van der Waals surface area contributed by atoms with Crippen molar-refractivity contribution in [3.05, 3.63) is 22.1 Å². The van der Waals surface area contributed by atoms with E-state index in [0.717, 1.165) is 50.6 Å². The van der Waals surface area contributed by atoms with E-state index >= 15 is 0 Å². The van der Waals surface area contributed by atoms with Gasteiger partial charge in [0.25, 0.3) is 11.5 Å². The molecule has 2 fully saturated rings. The summed E-state index contributed by atoms with van der Waals surface area (Å²) in [4.78, 5) is 34.1. The van der Waals surface area contributed by atoms with Crippen LogP contribution in [-0.4, -0.2) is 64.2 Å². The molecule has 0 aliphatic carbocycles. The molecule has 28 heavy (non-hydrogen) atoms. The minimum atomic E-state index is -0.396. The Morgan fingerprint density at radius 1 is 1.21 bits per heavy atom. The Bertz CT molecular complexity index is 886. The molecule has 9 heteroatoms. The van der Waals surface area contributed by atoms with Crippen LogP contribution in [0.2, 0.25) is 0 Å². The van der Waals surface area contributed by atoms with E-state index in [1.165, 1.54) is 41.2 Å². The zero-order valence-electron chi connectivity index (χ0n) is 16.4. The standard InChI is InChI=1S/C19H28N6O2S/c1-2-23-11-7-8-14(23)13-20-17(27)15-12-16(26)21-18-25(15)22-19(28-18)24-9-5-3-4-6-10-24/h12,14H,2-11,13H2,1H3,(H,20,27)/t14-/m0/s1. The Hall–Kier alpha value is -2.00. The number of carbonyl (C=O) groups is 1. The lowest BCUT2D eigenvalue weighted by Gasteiger charge is -2.22. The van der Waals surface area contributed by atoms with Crippen LogP contribution in [0.1, 0.15) is 55.9 Å². The molecule has 4 rings (SSSR count). The third kappa shape index (κ3) is 4.05. The van der Waals surface area contributed by atoms with Crippen LogP contribution in [0.3, 0.4) is 0 Å². The van der Waals surface area contributed by atoms with Crippen LogP contribution >= 0.6 is 11.3 Å². The normalized spacial score (nSPS) is 21.2. The van der Waals surface area contributed by atoms with Crippen molar-refractivity contribution in [3.8, 4) is 0 Å². The number of rotatable bonds is 5. The minimum absolute atomic E-state index is 0.259. The van der Waals surface area contributed by atoms with Crippen LogP contribution in [0.15, 0.2) is 10.9 Å². The number of nitrogens with zero attached hydrogens (tertiary/aromatic N) is 5. The van der Waals surface area contributed by atoms with Crippen molar-refractivity contribution in [3.63, 3.8) is 0 Å². The Labute approximate surface area is 168 Å². The molecule has 0 unspecified atom stereocenters. The quantitative estimate of drug-likeness (QED) is 0.817. The van der Waals surface area contributed by atoms with Gasteiger partial charge in [0.05, 0.1) is 0 Å². The smallest absolute Gasteiger partial charge is 0.274 e. The zero-order chi connectivity index (χ0) is 19.5. The van der Waals surface area contributed by atoms with Crippen molar-refractivity contribution in [2.45, 2.75) is 51.5 Å². The van der Waals surface area contributed by atoms with Gasteiger partial charge in [0.2, 0.25) is 10.1 Å². The molecule has 4 heterocycles. The monoisotopic (exact) mass is 404 g/mol. The third-order valence-corrected chi connectivity index (χ3v) is 6.73. The molecule has 1 atom stereocenters. The predicted molar refractivity (Wildman–Crippen MR) is 110 cm³/mol. The lowest BCUT2D eigenvalue weighted by molar-refractivity contribution is 0.0933. The fourth-order valence-corrected chi connectivity index (χ4v) is 5.16. The third-order valence-electron chi connectivity index (χ3n) is 5.76. The highest BCUT2D eigenvalue weighted by Crippen LogP contribution is 2.25. The first kappa shape index (κ1) is 19.3.